The lowest BCUT2D eigenvalue weighted by Crippen LogP contribution is -1.93. The first-order valence-electron chi connectivity index (χ1n) is 16.6. The maximum atomic E-state index is 7.74. The molecule has 10 aromatic rings. The molecular formula is C47H27NO. The summed E-state index contributed by atoms with van der Waals surface area (Å²) in [5.41, 5.74) is 8.95. The minimum atomic E-state index is 0.530. The summed E-state index contributed by atoms with van der Waals surface area (Å²) < 4.78 is 6.54. The molecule has 10 rings (SSSR count). The molecule has 0 aliphatic heterocycles. The fourth-order valence-corrected chi connectivity index (χ4v) is 7.93. The summed E-state index contributed by atoms with van der Waals surface area (Å²) in [5.74, 6) is 0. The number of benzene rings is 9. The second-order valence-electron chi connectivity index (χ2n) is 12.7. The van der Waals surface area contributed by atoms with Gasteiger partial charge in [-0.05, 0) is 77.0 Å². The van der Waals surface area contributed by atoms with Gasteiger partial charge in [0.25, 0.3) is 0 Å². The monoisotopic (exact) mass is 621 g/mol. The average Bonchev–Trinajstić information content (AvgIpc) is 3.56. The Hall–Kier alpha value is -6.69. The molecule has 226 valence electrons. The van der Waals surface area contributed by atoms with Crippen LogP contribution in [-0.2, 0) is 0 Å². The molecule has 0 radical (unpaired) electrons. The number of para-hydroxylation sites is 2. The molecule has 9 aromatic carbocycles. The normalized spacial score (nSPS) is 11.7. The summed E-state index contributed by atoms with van der Waals surface area (Å²) in [5, 5.41) is 11.7. The molecule has 1 aromatic heterocycles. The first kappa shape index (κ1) is 27.4. The Morgan fingerprint density at radius 3 is 1.49 bits per heavy atom. The topological polar surface area (TPSA) is 17.5 Å². The minimum absolute atomic E-state index is 0.530. The van der Waals surface area contributed by atoms with Crippen LogP contribution in [0.5, 0.6) is 0 Å². The van der Waals surface area contributed by atoms with Crippen LogP contribution in [0.3, 0.4) is 0 Å². The lowest BCUT2D eigenvalue weighted by molar-refractivity contribution is 0.672. The van der Waals surface area contributed by atoms with E-state index in [1.807, 2.05) is 18.2 Å². The molecule has 0 unspecified atom stereocenters. The van der Waals surface area contributed by atoms with E-state index in [9.17, 15) is 0 Å². The Balaban J connectivity index is 1.37. The van der Waals surface area contributed by atoms with Gasteiger partial charge in [0.15, 0.2) is 0 Å². The standard InChI is InChI=1S/C47H27NO/c1-48-43-25-11-24-41-40-23-10-20-34(46(40)49-47(41)43)31-26-27-39-42(28-31)45(36-22-9-15-30-13-3-5-17-33(30)36)38-19-7-6-18-37(38)44(39)35-21-8-14-29-12-2-4-16-32(29)35/h2-28H. The van der Waals surface area contributed by atoms with Crippen molar-refractivity contribution in [2.75, 3.05) is 0 Å². The SMILES string of the molecule is [C-]#[N+]c1cccc2c1oc1c(-c3ccc4c(-c5cccc6ccccc56)c5ccccc5c(-c5cccc6ccccc56)c4c3)cccc12. The summed E-state index contributed by atoms with van der Waals surface area (Å²) in [6.07, 6.45) is 0. The van der Waals surface area contributed by atoms with Crippen molar-refractivity contribution in [2.24, 2.45) is 0 Å². The van der Waals surface area contributed by atoms with E-state index in [0.717, 1.165) is 27.5 Å². The Labute approximate surface area is 282 Å². The highest BCUT2D eigenvalue weighted by Gasteiger charge is 2.21. The van der Waals surface area contributed by atoms with Gasteiger partial charge in [-0.3, -0.25) is 0 Å². The van der Waals surface area contributed by atoms with Gasteiger partial charge in [-0.2, -0.15) is 0 Å². The molecule has 0 atom stereocenters. The predicted molar refractivity (Wildman–Crippen MR) is 206 cm³/mol. The second kappa shape index (κ2) is 10.7. The Morgan fingerprint density at radius 2 is 0.837 bits per heavy atom. The highest BCUT2D eigenvalue weighted by molar-refractivity contribution is 6.26. The molecule has 0 fully saturated rings. The summed E-state index contributed by atoms with van der Waals surface area (Å²) >= 11 is 0. The Kier molecular flexibility index (Phi) is 5.97. The lowest BCUT2D eigenvalue weighted by Gasteiger charge is -2.20. The van der Waals surface area contributed by atoms with Crippen LogP contribution in [-0.4, -0.2) is 0 Å². The first-order valence-corrected chi connectivity index (χ1v) is 16.6. The molecule has 2 nitrogen and oxygen atoms in total. The van der Waals surface area contributed by atoms with Crippen molar-refractivity contribution in [3.63, 3.8) is 0 Å². The highest BCUT2D eigenvalue weighted by atomic mass is 16.3. The van der Waals surface area contributed by atoms with E-state index < -0.39 is 0 Å². The lowest BCUT2D eigenvalue weighted by atomic mass is 9.83. The molecule has 0 amide bonds. The van der Waals surface area contributed by atoms with Crippen LogP contribution in [0.2, 0.25) is 0 Å². The fraction of sp³-hybridized carbons (Fsp3) is 0. The van der Waals surface area contributed by atoms with Crippen molar-refractivity contribution in [1.82, 2.24) is 0 Å². The number of furan rings is 1. The summed E-state index contributed by atoms with van der Waals surface area (Å²) in [7, 11) is 0. The van der Waals surface area contributed by atoms with Crippen LogP contribution in [0.4, 0.5) is 5.69 Å². The molecule has 0 saturated carbocycles. The van der Waals surface area contributed by atoms with Gasteiger partial charge in [-0.1, -0.05) is 158 Å². The number of hydrogen-bond acceptors (Lipinski definition) is 1. The van der Waals surface area contributed by atoms with Crippen molar-refractivity contribution in [2.45, 2.75) is 0 Å². The quantitative estimate of drug-likeness (QED) is 0.142. The van der Waals surface area contributed by atoms with Gasteiger partial charge in [0.2, 0.25) is 5.69 Å². The highest BCUT2D eigenvalue weighted by Crippen LogP contribution is 2.48. The van der Waals surface area contributed by atoms with E-state index in [1.54, 1.807) is 0 Å². The smallest absolute Gasteiger partial charge is 0.229 e. The van der Waals surface area contributed by atoms with Gasteiger partial charge in [0.05, 0.1) is 6.57 Å². The van der Waals surface area contributed by atoms with Crippen molar-refractivity contribution >= 4 is 70.7 Å². The minimum Gasteiger partial charge on any atom is -0.466 e. The maximum absolute atomic E-state index is 7.74. The van der Waals surface area contributed by atoms with E-state index in [1.165, 1.54) is 65.3 Å². The van der Waals surface area contributed by atoms with Crippen molar-refractivity contribution in [3.05, 3.63) is 175 Å². The third-order valence-electron chi connectivity index (χ3n) is 10.1. The van der Waals surface area contributed by atoms with Gasteiger partial charge in [0, 0.05) is 16.3 Å². The summed E-state index contributed by atoms with van der Waals surface area (Å²) in [6.45, 7) is 7.74. The molecule has 0 spiro atoms. The molecule has 1 heterocycles. The third-order valence-corrected chi connectivity index (χ3v) is 10.1. The van der Waals surface area contributed by atoms with E-state index in [2.05, 4.69) is 150 Å². The zero-order valence-electron chi connectivity index (χ0n) is 26.4. The third kappa shape index (κ3) is 4.07. The van der Waals surface area contributed by atoms with Crippen LogP contribution < -0.4 is 0 Å². The Morgan fingerprint density at radius 1 is 0.367 bits per heavy atom. The molecule has 0 saturated heterocycles. The number of nitrogens with zero attached hydrogens (tertiary/aromatic N) is 1. The molecule has 0 aliphatic carbocycles. The van der Waals surface area contributed by atoms with E-state index in [0.29, 0.717) is 11.3 Å². The zero-order valence-corrected chi connectivity index (χ0v) is 26.4. The van der Waals surface area contributed by atoms with Crippen LogP contribution in [0.25, 0.3) is 103 Å². The van der Waals surface area contributed by atoms with Crippen LogP contribution in [0.1, 0.15) is 0 Å². The predicted octanol–water partition coefficient (Wildman–Crippen LogP) is 13.8. The summed E-state index contributed by atoms with van der Waals surface area (Å²) in [6, 6.07) is 58.5. The fourth-order valence-electron chi connectivity index (χ4n) is 7.93. The first-order chi connectivity index (χ1) is 24.3. The van der Waals surface area contributed by atoms with Crippen molar-refractivity contribution < 1.29 is 4.42 Å². The number of rotatable bonds is 3. The molecule has 0 bridgehead atoms. The molecular weight excluding hydrogens is 595 g/mol. The van der Waals surface area contributed by atoms with Crippen LogP contribution in [0.15, 0.2) is 168 Å². The van der Waals surface area contributed by atoms with Gasteiger partial charge < -0.3 is 4.42 Å². The van der Waals surface area contributed by atoms with Crippen molar-refractivity contribution in [1.29, 1.82) is 0 Å². The second-order valence-corrected chi connectivity index (χ2v) is 12.7. The van der Waals surface area contributed by atoms with Crippen LogP contribution in [0, 0.1) is 6.57 Å². The molecule has 49 heavy (non-hydrogen) atoms. The number of hydrogen-bond donors (Lipinski definition) is 0. The molecule has 0 aliphatic rings. The van der Waals surface area contributed by atoms with Gasteiger partial charge in [-0.15, -0.1) is 0 Å². The van der Waals surface area contributed by atoms with Crippen LogP contribution >= 0.6 is 0 Å². The van der Waals surface area contributed by atoms with Gasteiger partial charge >= 0.3 is 0 Å². The maximum Gasteiger partial charge on any atom is 0.229 e. The van der Waals surface area contributed by atoms with E-state index >= 15 is 0 Å². The van der Waals surface area contributed by atoms with Gasteiger partial charge in [-0.25, -0.2) is 4.85 Å². The molecule has 0 N–H and O–H groups in total. The summed E-state index contributed by atoms with van der Waals surface area (Å²) in [4.78, 5) is 3.75. The average molecular weight is 622 g/mol. The largest absolute Gasteiger partial charge is 0.466 e. The number of fused-ring (bicyclic) bond motifs is 7. The van der Waals surface area contributed by atoms with Gasteiger partial charge in [0.1, 0.15) is 11.2 Å². The van der Waals surface area contributed by atoms with Crippen molar-refractivity contribution in [3.8, 4) is 33.4 Å². The molecule has 2 heteroatoms. The van der Waals surface area contributed by atoms with E-state index in [4.69, 9.17) is 11.0 Å². The Bertz CT molecular complexity index is 3000. The zero-order chi connectivity index (χ0) is 32.5. The van der Waals surface area contributed by atoms with E-state index in [-0.39, 0.29) is 0 Å².